The Kier molecular flexibility index (Phi) is 6.39. The van der Waals surface area contributed by atoms with Gasteiger partial charge in [-0.3, -0.25) is 14.7 Å². The Labute approximate surface area is 150 Å². The van der Waals surface area contributed by atoms with Gasteiger partial charge < -0.3 is 15.0 Å². The monoisotopic (exact) mass is 346 g/mol. The second kappa shape index (κ2) is 8.74. The van der Waals surface area contributed by atoms with Crippen molar-refractivity contribution in [3.05, 3.63) is 30.1 Å². The highest BCUT2D eigenvalue weighted by Gasteiger charge is 2.41. The maximum absolute atomic E-state index is 12.4. The van der Waals surface area contributed by atoms with Crippen LogP contribution in [0, 0.1) is 5.92 Å². The summed E-state index contributed by atoms with van der Waals surface area (Å²) in [5, 5.41) is 3.01. The minimum atomic E-state index is -0.285. The molecule has 1 aromatic heterocycles. The largest absolute Gasteiger partial charge is 0.364 e. The Balaban J connectivity index is 1.40. The highest BCUT2D eigenvalue weighted by atomic mass is 16.5. The van der Waals surface area contributed by atoms with E-state index in [1.165, 1.54) is 0 Å². The number of hydrogen-bond donors (Lipinski definition) is 1. The molecule has 0 aliphatic carbocycles. The zero-order valence-electron chi connectivity index (χ0n) is 15.4. The van der Waals surface area contributed by atoms with E-state index in [4.69, 9.17) is 4.74 Å². The molecule has 6 nitrogen and oxygen atoms in total. The van der Waals surface area contributed by atoms with Crippen molar-refractivity contribution < 1.29 is 9.53 Å². The fourth-order valence-corrected chi connectivity index (χ4v) is 3.68. The van der Waals surface area contributed by atoms with Gasteiger partial charge in [-0.25, -0.2) is 0 Å². The molecule has 1 aromatic rings. The molecule has 2 aliphatic heterocycles. The summed E-state index contributed by atoms with van der Waals surface area (Å²) in [6, 6.07) is 5.85. The topological polar surface area (TPSA) is 57.7 Å². The van der Waals surface area contributed by atoms with E-state index in [0.29, 0.717) is 12.5 Å². The van der Waals surface area contributed by atoms with Crippen LogP contribution in [0.1, 0.15) is 18.5 Å². The smallest absolute Gasteiger partial charge is 0.249 e. The Morgan fingerprint density at radius 1 is 1.44 bits per heavy atom. The van der Waals surface area contributed by atoms with Crippen molar-refractivity contribution >= 4 is 5.91 Å². The lowest BCUT2D eigenvalue weighted by atomic mass is 9.91. The second-order valence-corrected chi connectivity index (χ2v) is 7.41. The molecule has 0 radical (unpaired) electrons. The predicted octanol–water partition coefficient (Wildman–Crippen LogP) is 0.781. The van der Waals surface area contributed by atoms with Crippen LogP contribution in [0.4, 0.5) is 0 Å². The third-order valence-electron chi connectivity index (χ3n) is 5.20. The normalized spacial score (nSPS) is 26.6. The molecule has 138 valence electrons. The molecule has 2 aliphatic rings. The average Bonchev–Trinajstić information content (AvgIpc) is 3.04. The van der Waals surface area contributed by atoms with Crippen LogP contribution in [0.5, 0.6) is 0 Å². The number of hydrogen-bond acceptors (Lipinski definition) is 5. The van der Waals surface area contributed by atoms with Crippen molar-refractivity contribution in [3.8, 4) is 0 Å². The molecule has 6 heteroatoms. The summed E-state index contributed by atoms with van der Waals surface area (Å²) in [5.74, 6) is 0.562. The molecule has 1 amide bonds. The van der Waals surface area contributed by atoms with Gasteiger partial charge in [-0.15, -0.1) is 0 Å². The highest BCUT2D eigenvalue weighted by molar-refractivity contribution is 5.81. The maximum atomic E-state index is 12.4. The molecule has 1 N–H and O–H groups in total. The molecular weight excluding hydrogens is 316 g/mol. The molecule has 2 fully saturated rings. The molecule has 2 saturated heterocycles. The van der Waals surface area contributed by atoms with Gasteiger partial charge in [0.25, 0.3) is 0 Å². The van der Waals surface area contributed by atoms with E-state index in [9.17, 15) is 4.79 Å². The number of likely N-dealkylation sites (tertiary alicyclic amines) is 1. The number of aromatic nitrogens is 1. The zero-order chi connectivity index (χ0) is 17.6. The fourth-order valence-electron chi connectivity index (χ4n) is 3.68. The second-order valence-electron chi connectivity index (χ2n) is 7.41. The Morgan fingerprint density at radius 2 is 2.32 bits per heavy atom. The van der Waals surface area contributed by atoms with Crippen LogP contribution in [0.2, 0.25) is 0 Å². The van der Waals surface area contributed by atoms with Crippen molar-refractivity contribution in [2.24, 2.45) is 5.92 Å². The molecule has 0 unspecified atom stereocenters. The van der Waals surface area contributed by atoms with Gasteiger partial charge >= 0.3 is 0 Å². The van der Waals surface area contributed by atoms with Gasteiger partial charge in [0, 0.05) is 44.5 Å². The lowest BCUT2D eigenvalue weighted by Crippen LogP contribution is -2.44. The summed E-state index contributed by atoms with van der Waals surface area (Å²) in [7, 11) is 4.20. The van der Waals surface area contributed by atoms with E-state index >= 15 is 0 Å². The Morgan fingerprint density at radius 3 is 3.08 bits per heavy atom. The summed E-state index contributed by atoms with van der Waals surface area (Å²) in [5.41, 5.74) is 1.00. The molecule has 3 atom stereocenters. The van der Waals surface area contributed by atoms with E-state index in [-0.39, 0.29) is 18.1 Å². The van der Waals surface area contributed by atoms with Crippen molar-refractivity contribution in [2.45, 2.75) is 31.5 Å². The van der Waals surface area contributed by atoms with Gasteiger partial charge in [0.1, 0.15) is 6.10 Å². The molecule has 0 bridgehead atoms. The van der Waals surface area contributed by atoms with Crippen molar-refractivity contribution in [1.29, 1.82) is 0 Å². The summed E-state index contributed by atoms with van der Waals surface area (Å²) >= 11 is 0. The van der Waals surface area contributed by atoms with Crippen LogP contribution < -0.4 is 5.32 Å². The zero-order valence-corrected chi connectivity index (χ0v) is 15.4. The van der Waals surface area contributed by atoms with Crippen molar-refractivity contribution in [3.63, 3.8) is 0 Å². The quantitative estimate of drug-likeness (QED) is 0.791. The number of carbonyl (C=O) groups excluding carboxylic acids is 1. The molecule has 3 heterocycles. The number of piperidine rings is 1. The van der Waals surface area contributed by atoms with E-state index in [1.54, 1.807) is 6.20 Å². The molecule has 0 saturated carbocycles. The first-order chi connectivity index (χ1) is 12.1. The number of fused-ring (bicyclic) bond motifs is 1. The van der Waals surface area contributed by atoms with Crippen molar-refractivity contribution in [2.75, 3.05) is 46.8 Å². The van der Waals surface area contributed by atoms with Gasteiger partial charge in [0.2, 0.25) is 5.91 Å². The number of pyridine rings is 1. The molecular formula is C19H30N4O2. The third-order valence-corrected chi connectivity index (χ3v) is 5.20. The summed E-state index contributed by atoms with van der Waals surface area (Å²) < 4.78 is 6.08. The Hall–Kier alpha value is -1.50. The van der Waals surface area contributed by atoms with Crippen LogP contribution in [0.15, 0.2) is 24.4 Å². The van der Waals surface area contributed by atoms with Crippen LogP contribution in [0.25, 0.3) is 0 Å². The first-order valence-corrected chi connectivity index (χ1v) is 9.32. The Bertz CT molecular complexity index is 552. The highest BCUT2D eigenvalue weighted by Crippen LogP contribution is 2.33. The maximum Gasteiger partial charge on any atom is 0.249 e. The minimum Gasteiger partial charge on any atom is -0.364 e. The average molecular weight is 346 g/mol. The summed E-state index contributed by atoms with van der Waals surface area (Å²) in [6.07, 6.45) is 4.46. The van der Waals surface area contributed by atoms with E-state index in [1.807, 2.05) is 18.2 Å². The number of nitrogens with zero attached hydrogens (tertiary/aromatic N) is 3. The lowest BCUT2D eigenvalue weighted by Gasteiger charge is -2.34. The van der Waals surface area contributed by atoms with Crippen LogP contribution in [-0.4, -0.2) is 79.7 Å². The molecule has 0 aromatic carbocycles. The minimum absolute atomic E-state index is 0.0326. The van der Waals surface area contributed by atoms with E-state index in [2.05, 4.69) is 34.2 Å². The number of ether oxygens (including phenoxy) is 1. The van der Waals surface area contributed by atoms with Crippen LogP contribution >= 0.6 is 0 Å². The lowest BCUT2D eigenvalue weighted by molar-refractivity contribution is -0.132. The van der Waals surface area contributed by atoms with Gasteiger partial charge in [-0.2, -0.15) is 0 Å². The van der Waals surface area contributed by atoms with Gasteiger partial charge in [0.05, 0.1) is 6.10 Å². The number of likely N-dealkylation sites (N-methyl/N-ethyl adjacent to an activating group) is 1. The molecule has 25 heavy (non-hydrogen) atoms. The van der Waals surface area contributed by atoms with Crippen molar-refractivity contribution in [1.82, 2.24) is 20.1 Å². The summed E-state index contributed by atoms with van der Waals surface area (Å²) in [6.45, 7) is 4.82. The van der Waals surface area contributed by atoms with Crippen LogP contribution in [0.3, 0.4) is 0 Å². The van der Waals surface area contributed by atoms with Gasteiger partial charge in [0.15, 0.2) is 0 Å². The van der Waals surface area contributed by atoms with Gasteiger partial charge in [-0.1, -0.05) is 6.07 Å². The molecule has 0 spiro atoms. The first-order valence-electron chi connectivity index (χ1n) is 9.32. The fraction of sp³-hybridized carbons (Fsp3) is 0.684. The first kappa shape index (κ1) is 18.3. The summed E-state index contributed by atoms with van der Waals surface area (Å²) in [4.78, 5) is 21.3. The molecule has 3 rings (SSSR count). The third kappa shape index (κ3) is 5.23. The SMILES string of the molecule is CN(C)CCN1CC[C@@H]2C[C@@H](C(=O)NCCc3ccccn3)O[C@H]2C1. The van der Waals surface area contributed by atoms with E-state index < -0.39 is 0 Å². The van der Waals surface area contributed by atoms with Gasteiger partial charge in [-0.05, 0) is 51.5 Å². The van der Waals surface area contributed by atoms with Crippen LogP contribution in [-0.2, 0) is 16.0 Å². The number of nitrogens with one attached hydrogen (secondary N) is 1. The number of rotatable bonds is 7. The van der Waals surface area contributed by atoms with E-state index in [0.717, 1.165) is 51.1 Å². The predicted molar refractivity (Wildman–Crippen MR) is 97.3 cm³/mol. The number of carbonyl (C=O) groups is 1. The standard InChI is InChI=1S/C19H30N4O2/c1-22(2)11-12-23-10-7-15-13-17(25-18(15)14-23)19(24)21-9-6-16-5-3-4-8-20-16/h3-5,8,15,17-18H,6-7,9-14H2,1-2H3,(H,21,24)/t15-,17+,18+/m1/s1. The number of amides is 1.